The highest BCUT2D eigenvalue weighted by molar-refractivity contribution is 5.99. The van der Waals surface area contributed by atoms with E-state index in [1.165, 1.54) is 12.7 Å². The number of amides is 2. The first-order valence-corrected chi connectivity index (χ1v) is 15.8. The van der Waals surface area contributed by atoms with E-state index in [0.29, 0.717) is 46.3 Å². The lowest BCUT2D eigenvalue weighted by atomic mass is 10.3. The summed E-state index contributed by atoms with van der Waals surface area (Å²) >= 11 is 0. The van der Waals surface area contributed by atoms with Gasteiger partial charge in [0.25, 0.3) is 0 Å². The summed E-state index contributed by atoms with van der Waals surface area (Å²) in [5, 5.41) is 11.9. The number of rotatable bonds is 10. The van der Waals surface area contributed by atoms with E-state index in [0.717, 1.165) is 17.1 Å². The monoisotopic (exact) mass is 675 g/mol. The van der Waals surface area contributed by atoms with Gasteiger partial charge < -0.3 is 36.5 Å². The predicted octanol–water partition coefficient (Wildman–Crippen LogP) is 9.25. The maximum absolute atomic E-state index is 12.1. The molecular weight excluding hydrogens is 642 g/mol. The first kappa shape index (κ1) is 33.4. The van der Waals surface area contributed by atoms with Crippen LogP contribution in [0.5, 0.6) is 23.3 Å². The third-order valence-corrected chi connectivity index (χ3v) is 6.85. The molecule has 0 saturated heterocycles. The largest absolute Gasteiger partial charge is 0.439 e. The standard InChI is InChI=1S/C23H19N5O2.C16H14N4O/c29-23(27-18-9-5-2-6-10-18)28-19-11-13-20(14-12-19)30-22-15-21(24-16-25-22)26-17-7-3-1-4-8-17;17-12-6-8-14(9-7-12)21-16-10-15(18-11-19-16)20-13-4-2-1-3-5-13/h1-16H,(H,24,25,26)(H2,27,28,29);1-11H,17H2,(H,18,19,20). The Labute approximate surface area is 294 Å². The number of ether oxygens (including phenoxy) is 2. The average Bonchev–Trinajstić information content (AvgIpc) is 3.15. The van der Waals surface area contributed by atoms with Gasteiger partial charge in [-0.2, -0.15) is 0 Å². The van der Waals surface area contributed by atoms with E-state index in [9.17, 15) is 4.79 Å². The van der Waals surface area contributed by atoms with E-state index in [2.05, 4.69) is 41.2 Å². The van der Waals surface area contributed by atoms with E-state index in [4.69, 9.17) is 15.2 Å². The Morgan fingerprint density at radius 3 is 1.31 bits per heavy atom. The SMILES string of the molecule is Nc1ccc(Oc2cc(Nc3ccccc3)ncn2)cc1.O=C(Nc1ccccc1)Nc1ccc(Oc2cc(Nc3ccccc3)ncn2)cc1. The number of aromatic nitrogens is 4. The Hall–Kier alpha value is -7.47. The molecule has 252 valence electrons. The summed E-state index contributed by atoms with van der Waals surface area (Å²) in [7, 11) is 0. The van der Waals surface area contributed by atoms with Gasteiger partial charge in [-0.1, -0.05) is 54.6 Å². The molecule has 2 aromatic heterocycles. The van der Waals surface area contributed by atoms with Crippen molar-refractivity contribution < 1.29 is 14.3 Å². The number of urea groups is 1. The van der Waals surface area contributed by atoms with Gasteiger partial charge in [0.15, 0.2) is 0 Å². The van der Waals surface area contributed by atoms with Gasteiger partial charge in [0.05, 0.1) is 0 Å². The van der Waals surface area contributed by atoms with Crippen LogP contribution in [0.1, 0.15) is 0 Å². The molecule has 0 aliphatic rings. The number of hydrogen-bond donors (Lipinski definition) is 5. The minimum Gasteiger partial charge on any atom is -0.439 e. The van der Waals surface area contributed by atoms with Crippen LogP contribution in [0.4, 0.5) is 44.9 Å². The van der Waals surface area contributed by atoms with Crippen molar-refractivity contribution in [3.8, 4) is 23.3 Å². The Morgan fingerprint density at radius 1 is 0.471 bits per heavy atom. The second-order valence-corrected chi connectivity index (χ2v) is 10.7. The first-order chi connectivity index (χ1) is 25.0. The molecule has 12 heteroatoms. The van der Waals surface area contributed by atoms with Crippen LogP contribution in [0.3, 0.4) is 0 Å². The molecule has 0 saturated carbocycles. The van der Waals surface area contributed by atoms with Crippen molar-refractivity contribution in [2.45, 2.75) is 0 Å². The van der Waals surface area contributed by atoms with E-state index in [1.54, 1.807) is 60.7 Å². The summed E-state index contributed by atoms with van der Waals surface area (Å²) in [6.45, 7) is 0. The van der Waals surface area contributed by atoms with Crippen molar-refractivity contribution in [3.63, 3.8) is 0 Å². The number of carbonyl (C=O) groups excluding carboxylic acids is 1. The quantitative estimate of drug-likeness (QED) is 0.0884. The summed E-state index contributed by atoms with van der Waals surface area (Å²) in [5.74, 6) is 3.44. The number of nitrogens with zero attached hydrogens (tertiary/aromatic N) is 4. The molecule has 5 aromatic carbocycles. The van der Waals surface area contributed by atoms with Crippen molar-refractivity contribution >= 4 is 46.1 Å². The predicted molar refractivity (Wildman–Crippen MR) is 200 cm³/mol. The van der Waals surface area contributed by atoms with Crippen LogP contribution in [-0.4, -0.2) is 26.0 Å². The molecule has 12 nitrogen and oxygen atoms in total. The molecule has 0 aliphatic heterocycles. The Kier molecular flexibility index (Phi) is 11.2. The van der Waals surface area contributed by atoms with E-state index in [1.807, 2.05) is 91.0 Å². The van der Waals surface area contributed by atoms with Crippen LogP contribution in [0.2, 0.25) is 0 Å². The second kappa shape index (κ2) is 17.1. The fourth-order valence-electron chi connectivity index (χ4n) is 4.46. The van der Waals surface area contributed by atoms with Gasteiger partial charge in [-0.05, 0) is 84.9 Å². The van der Waals surface area contributed by atoms with Crippen molar-refractivity contribution in [2.75, 3.05) is 27.0 Å². The fourth-order valence-corrected chi connectivity index (χ4v) is 4.46. The number of nitrogens with two attached hydrogens (primary N) is 1. The van der Waals surface area contributed by atoms with Gasteiger partial charge in [0.2, 0.25) is 11.8 Å². The Morgan fingerprint density at radius 2 is 0.863 bits per heavy atom. The van der Waals surface area contributed by atoms with Crippen molar-refractivity contribution in [2.24, 2.45) is 0 Å². The zero-order valence-corrected chi connectivity index (χ0v) is 27.2. The highest BCUT2D eigenvalue weighted by atomic mass is 16.5. The van der Waals surface area contributed by atoms with Crippen LogP contribution in [0, 0.1) is 0 Å². The third kappa shape index (κ3) is 10.8. The van der Waals surface area contributed by atoms with Crippen LogP contribution in [0.25, 0.3) is 0 Å². The lowest BCUT2D eigenvalue weighted by Gasteiger charge is -2.10. The molecule has 51 heavy (non-hydrogen) atoms. The normalized spacial score (nSPS) is 10.1. The van der Waals surface area contributed by atoms with Gasteiger partial charge in [0, 0.05) is 40.6 Å². The molecule has 2 amide bonds. The van der Waals surface area contributed by atoms with Crippen LogP contribution in [0.15, 0.2) is 164 Å². The molecule has 7 aromatic rings. The van der Waals surface area contributed by atoms with Crippen molar-refractivity contribution in [1.29, 1.82) is 0 Å². The molecular formula is C39H33N9O3. The third-order valence-electron chi connectivity index (χ3n) is 6.85. The number of hydrogen-bond acceptors (Lipinski definition) is 10. The zero-order chi connectivity index (χ0) is 35.1. The maximum atomic E-state index is 12.1. The second-order valence-electron chi connectivity index (χ2n) is 10.7. The van der Waals surface area contributed by atoms with Crippen molar-refractivity contribution in [1.82, 2.24) is 19.9 Å². The number of nitrogens with one attached hydrogen (secondary N) is 4. The summed E-state index contributed by atoms with van der Waals surface area (Å²) in [6.07, 6.45) is 2.89. The highest BCUT2D eigenvalue weighted by Gasteiger charge is 2.06. The smallest absolute Gasteiger partial charge is 0.323 e. The van der Waals surface area contributed by atoms with Crippen molar-refractivity contribution in [3.05, 3.63) is 164 Å². The summed E-state index contributed by atoms with van der Waals surface area (Å²) in [6, 6.07) is 46.0. The number of carbonyl (C=O) groups is 1. The molecule has 0 fully saturated rings. The minimum absolute atomic E-state index is 0.317. The highest BCUT2D eigenvalue weighted by Crippen LogP contribution is 2.25. The van der Waals surface area contributed by atoms with Crippen LogP contribution < -0.4 is 36.5 Å². The van der Waals surface area contributed by atoms with Crippen LogP contribution in [-0.2, 0) is 0 Å². The van der Waals surface area contributed by atoms with E-state index < -0.39 is 0 Å². The lowest BCUT2D eigenvalue weighted by Crippen LogP contribution is -2.19. The lowest BCUT2D eigenvalue weighted by molar-refractivity contribution is 0.262. The first-order valence-electron chi connectivity index (χ1n) is 15.8. The molecule has 2 heterocycles. The molecule has 0 bridgehead atoms. The summed E-state index contributed by atoms with van der Waals surface area (Å²) < 4.78 is 11.5. The maximum Gasteiger partial charge on any atom is 0.323 e. The number of para-hydroxylation sites is 3. The van der Waals surface area contributed by atoms with Crippen LogP contribution >= 0.6 is 0 Å². The summed E-state index contributed by atoms with van der Waals surface area (Å²) in [4.78, 5) is 28.7. The topological polar surface area (TPSA) is 161 Å². The minimum atomic E-state index is -0.317. The Bertz CT molecular complexity index is 2120. The molecule has 6 N–H and O–H groups in total. The van der Waals surface area contributed by atoms with Gasteiger partial charge in [-0.15, -0.1) is 0 Å². The molecule has 0 unspecified atom stereocenters. The number of anilines is 7. The molecule has 0 aliphatic carbocycles. The average molecular weight is 676 g/mol. The molecule has 0 spiro atoms. The fraction of sp³-hybridized carbons (Fsp3) is 0. The van der Waals surface area contributed by atoms with Gasteiger partial charge >= 0.3 is 6.03 Å². The molecule has 0 atom stereocenters. The molecule has 0 radical (unpaired) electrons. The van der Waals surface area contributed by atoms with E-state index >= 15 is 0 Å². The Balaban J connectivity index is 0.000000187. The summed E-state index contributed by atoms with van der Waals surface area (Å²) in [5.41, 5.74) is 9.57. The van der Waals surface area contributed by atoms with E-state index in [-0.39, 0.29) is 6.03 Å². The molecule has 7 rings (SSSR count). The number of benzene rings is 5. The zero-order valence-electron chi connectivity index (χ0n) is 27.2. The van der Waals surface area contributed by atoms with Gasteiger partial charge in [0.1, 0.15) is 35.8 Å². The van der Waals surface area contributed by atoms with Gasteiger partial charge in [-0.25, -0.2) is 24.7 Å². The number of nitrogen functional groups attached to an aromatic ring is 1. The van der Waals surface area contributed by atoms with Gasteiger partial charge in [-0.3, -0.25) is 0 Å².